The number of morpholine rings is 1. The first-order valence-corrected chi connectivity index (χ1v) is 8.11. The molecule has 1 aliphatic heterocycles. The standard InChI is InChI=1S/C19H21NO3/c21-18-12-23-19(13-20-18)9-8-15-10-16(6-7-17(15)19)22-11-14-4-2-1-3-5-14/h1-7,10,18,20-21H,8-9,11-13H2. The zero-order valence-corrected chi connectivity index (χ0v) is 13.0. The topological polar surface area (TPSA) is 50.7 Å². The second-order valence-corrected chi connectivity index (χ2v) is 6.30. The molecule has 2 aromatic rings. The Hall–Kier alpha value is -1.88. The Morgan fingerprint density at radius 1 is 1.22 bits per heavy atom. The fraction of sp³-hybridized carbons (Fsp3) is 0.368. The SMILES string of the molecule is OC1COC2(CCc3cc(OCc4ccccc4)ccc32)CN1. The number of aryl methyl sites for hydroxylation is 1. The van der Waals surface area contributed by atoms with Gasteiger partial charge in [0.1, 0.15) is 24.2 Å². The molecule has 2 unspecified atom stereocenters. The zero-order chi connectivity index (χ0) is 15.7. The number of ether oxygens (including phenoxy) is 2. The fourth-order valence-electron chi connectivity index (χ4n) is 3.49. The average molecular weight is 311 g/mol. The first-order valence-electron chi connectivity index (χ1n) is 8.11. The van der Waals surface area contributed by atoms with Crippen molar-refractivity contribution in [2.45, 2.75) is 31.3 Å². The maximum Gasteiger partial charge on any atom is 0.128 e. The molecule has 0 saturated carbocycles. The third-order valence-corrected chi connectivity index (χ3v) is 4.75. The predicted octanol–water partition coefficient (Wildman–Crippen LogP) is 2.35. The number of nitrogens with one attached hydrogen (secondary N) is 1. The summed E-state index contributed by atoms with van der Waals surface area (Å²) < 4.78 is 11.9. The lowest BCUT2D eigenvalue weighted by Gasteiger charge is -2.37. The molecule has 2 aliphatic rings. The highest BCUT2D eigenvalue weighted by molar-refractivity contribution is 5.43. The predicted molar refractivity (Wildman–Crippen MR) is 87.2 cm³/mol. The van der Waals surface area contributed by atoms with Crippen LogP contribution in [0.2, 0.25) is 0 Å². The number of rotatable bonds is 3. The summed E-state index contributed by atoms with van der Waals surface area (Å²) in [6.07, 6.45) is 1.37. The van der Waals surface area contributed by atoms with Crippen molar-refractivity contribution in [3.8, 4) is 5.75 Å². The molecule has 1 aliphatic carbocycles. The number of aliphatic hydroxyl groups is 1. The van der Waals surface area contributed by atoms with Gasteiger partial charge < -0.3 is 14.6 Å². The van der Waals surface area contributed by atoms with Gasteiger partial charge in [-0.3, -0.25) is 5.32 Å². The Bertz CT molecular complexity index is 678. The molecule has 120 valence electrons. The van der Waals surface area contributed by atoms with Crippen molar-refractivity contribution in [1.82, 2.24) is 5.32 Å². The molecule has 1 fully saturated rings. The lowest BCUT2D eigenvalue weighted by Crippen LogP contribution is -2.51. The summed E-state index contributed by atoms with van der Waals surface area (Å²) >= 11 is 0. The molecule has 2 N–H and O–H groups in total. The van der Waals surface area contributed by atoms with Crippen LogP contribution in [0, 0.1) is 0 Å². The number of hydrogen-bond donors (Lipinski definition) is 2. The van der Waals surface area contributed by atoms with Crippen molar-refractivity contribution in [2.24, 2.45) is 0 Å². The van der Waals surface area contributed by atoms with Crippen molar-refractivity contribution in [3.63, 3.8) is 0 Å². The zero-order valence-electron chi connectivity index (χ0n) is 13.0. The number of aliphatic hydroxyl groups excluding tert-OH is 1. The summed E-state index contributed by atoms with van der Waals surface area (Å²) in [5.41, 5.74) is 3.39. The van der Waals surface area contributed by atoms with Crippen molar-refractivity contribution < 1.29 is 14.6 Å². The summed E-state index contributed by atoms with van der Waals surface area (Å²) in [5.74, 6) is 0.897. The maximum atomic E-state index is 9.57. The minimum absolute atomic E-state index is 0.285. The Labute approximate surface area is 136 Å². The molecule has 2 atom stereocenters. The quantitative estimate of drug-likeness (QED) is 0.913. The van der Waals surface area contributed by atoms with Crippen LogP contribution < -0.4 is 10.1 Å². The second-order valence-electron chi connectivity index (χ2n) is 6.30. The largest absolute Gasteiger partial charge is 0.489 e. The van der Waals surface area contributed by atoms with E-state index < -0.39 is 6.23 Å². The summed E-state index contributed by atoms with van der Waals surface area (Å²) in [6.45, 7) is 1.58. The summed E-state index contributed by atoms with van der Waals surface area (Å²) in [7, 11) is 0. The van der Waals surface area contributed by atoms with Gasteiger partial charge in [0.2, 0.25) is 0 Å². The van der Waals surface area contributed by atoms with Gasteiger partial charge in [-0.2, -0.15) is 0 Å². The van der Waals surface area contributed by atoms with E-state index >= 15 is 0 Å². The van der Waals surface area contributed by atoms with E-state index in [9.17, 15) is 5.11 Å². The van der Waals surface area contributed by atoms with Crippen LogP contribution in [0.15, 0.2) is 48.5 Å². The van der Waals surface area contributed by atoms with Crippen LogP contribution in [0.25, 0.3) is 0 Å². The van der Waals surface area contributed by atoms with Crippen LogP contribution in [-0.2, 0) is 23.4 Å². The highest BCUT2D eigenvalue weighted by atomic mass is 16.5. The van der Waals surface area contributed by atoms with Gasteiger partial charge in [-0.15, -0.1) is 0 Å². The van der Waals surface area contributed by atoms with Gasteiger partial charge in [0.25, 0.3) is 0 Å². The van der Waals surface area contributed by atoms with Crippen molar-refractivity contribution in [2.75, 3.05) is 13.2 Å². The maximum absolute atomic E-state index is 9.57. The molecular formula is C19H21NO3. The van der Waals surface area contributed by atoms with Crippen LogP contribution in [0.3, 0.4) is 0 Å². The molecule has 1 heterocycles. The monoisotopic (exact) mass is 311 g/mol. The van der Waals surface area contributed by atoms with E-state index in [1.54, 1.807) is 0 Å². The highest BCUT2D eigenvalue weighted by Gasteiger charge is 2.42. The van der Waals surface area contributed by atoms with Gasteiger partial charge in [-0.1, -0.05) is 36.4 Å². The molecule has 0 aromatic heterocycles. The molecule has 4 rings (SSSR count). The molecule has 1 spiro atoms. The Morgan fingerprint density at radius 3 is 2.87 bits per heavy atom. The van der Waals surface area contributed by atoms with E-state index in [0.29, 0.717) is 19.8 Å². The molecule has 0 radical (unpaired) electrons. The first kappa shape index (κ1) is 14.7. The van der Waals surface area contributed by atoms with E-state index in [-0.39, 0.29) is 5.60 Å². The van der Waals surface area contributed by atoms with Gasteiger partial charge in [-0.05, 0) is 41.7 Å². The summed E-state index contributed by atoms with van der Waals surface area (Å²) in [6, 6.07) is 16.4. The first-order chi connectivity index (χ1) is 11.3. The van der Waals surface area contributed by atoms with E-state index in [1.165, 1.54) is 16.7 Å². The minimum atomic E-state index is -0.557. The molecule has 1 saturated heterocycles. The fourth-order valence-corrected chi connectivity index (χ4v) is 3.49. The van der Waals surface area contributed by atoms with E-state index in [1.807, 2.05) is 24.3 Å². The van der Waals surface area contributed by atoms with Crippen LogP contribution >= 0.6 is 0 Å². The minimum Gasteiger partial charge on any atom is -0.489 e. The summed E-state index contributed by atoms with van der Waals surface area (Å²) in [5, 5.41) is 12.7. The second kappa shape index (κ2) is 5.96. The molecule has 23 heavy (non-hydrogen) atoms. The van der Waals surface area contributed by atoms with E-state index in [2.05, 4.69) is 29.6 Å². The molecule has 0 amide bonds. The third-order valence-electron chi connectivity index (χ3n) is 4.75. The van der Waals surface area contributed by atoms with E-state index in [4.69, 9.17) is 9.47 Å². The van der Waals surface area contributed by atoms with Gasteiger partial charge in [0, 0.05) is 6.54 Å². The Morgan fingerprint density at radius 2 is 2.09 bits per heavy atom. The van der Waals surface area contributed by atoms with Crippen LogP contribution in [-0.4, -0.2) is 24.5 Å². The smallest absolute Gasteiger partial charge is 0.128 e. The van der Waals surface area contributed by atoms with Crippen molar-refractivity contribution >= 4 is 0 Å². The van der Waals surface area contributed by atoms with Crippen LogP contribution in [0.5, 0.6) is 5.75 Å². The number of fused-ring (bicyclic) bond motifs is 2. The van der Waals surface area contributed by atoms with E-state index in [0.717, 1.165) is 18.6 Å². The van der Waals surface area contributed by atoms with Gasteiger partial charge in [0.05, 0.1) is 6.61 Å². The molecule has 4 nitrogen and oxygen atoms in total. The normalized spacial score (nSPS) is 26.2. The third kappa shape index (κ3) is 2.85. The van der Waals surface area contributed by atoms with Crippen LogP contribution in [0.4, 0.5) is 0 Å². The number of hydrogen-bond acceptors (Lipinski definition) is 4. The van der Waals surface area contributed by atoms with Gasteiger partial charge in [-0.25, -0.2) is 0 Å². The van der Waals surface area contributed by atoms with Crippen molar-refractivity contribution in [1.29, 1.82) is 0 Å². The van der Waals surface area contributed by atoms with Gasteiger partial charge in [0.15, 0.2) is 0 Å². The molecule has 0 bridgehead atoms. The summed E-state index contributed by atoms with van der Waals surface area (Å²) in [4.78, 5) is 0. The Balaban J connectivity index is 1.49. The lowest BCUT2D eigenvalue weighted by atomic mass is 9.94. The molecular weight excluding hydrogens is 290 g/mol. The molecule has 4 heteroatoms. The lowest BCUT2D eigenvalue weighted by molar-refractivity contribution is -0.129. The van der Waals surface area contributed by atoms with Crippen LogP contribution in [0.1, 0.15) is 23.1 Å². The Kier molecular flexibility index (Phi) is 3.81. The highest BCUT2D eigenvalue weighted by Crippen LogP contribution is 2.42. The van der Waals surface area contributed by atoms with Crippen molar-refractivity contribution in [3.05, 3.63) is 65.2 Å². The molecule has 2 aromatic carbocycles. The average Bonchev–Trinajstić information content (AvgIpc) is 2.95. The van der Waals surface area contributed by atoms with Gasteiger partial charge >= 0.3 is 0 Å². The number of benzene rings is 2.